The van der Waals surface area contributed by atoms with Crippen LogP contribution in [0.1, 0.15) is 23.2 Å². The van der Waals surface area contributed by atoms with Crippen molar-refractivity contribution in [3.63, 3.8) is 0 Å². The van der Waals surface area contributed by atoms with Gasteiger partial charge in [-0.3, -0.25) is 0 Å². The number of carboxylic acid groups (broad SMARTS) is 1. The first-order valence-electron chi connectivity index (χ1n) is 5.44. The molecule has 0 radical (unpaired) electrons. The zero-order valence-corrected chi connectivity index (χ0v) is 11.6. The van der Waals surface area contributed by atoms with Gasteiger partial charge in [0.05, 0.1) is 11.7 Å². The fraction of sp³-hybridized carbons (Fsp3) is 0.417. The number of aromatic carboxylic acids is 1. The summed E-state index contributed by atoms with van der Waals surface area (Å²) < 4.78 is 6.31. The Morgan fingerprint density at radius 2 is 2.41 bits per heavy atom. The second-order valence-corrected chi connectivity index (χ2v) is 5.87. The number of benzene rings is 1. The van der Waals surface area contributed by atoms with Crippen LogP contribution in [0, 0.1) is 0 Å². The Kier molecular flexibility index (Phi) is 4.48. The highest BCUT2D eigenvalue weighted by Gasteiger charge is 2.17. The van der Waals surface area contributed by atoms with Crippen molar-refractivity contribution < 1.29 is 14.6 Å². The molecule has 1 N–H and O–H groups in total. The Labute approximate surface area is 113 Å². The van der Waals surface area contributed by atoms with Gasteiger partial charge in [0.15, 0.2) is 0 Å². The second-order valence-electron chi connectivity index (χ2n) is 3.89. The summed E-state index contributed by atoms with van der Waals surface area (Å²) in [5, 5.41) is 9.12. The maximum absolute atomic E-state index is 11.1. The van der Waals surface area contributed by atoms with Crippen molar-refractivity contribution in [1.29, 1.82) is 0 Å². The zero-order chi connectivity index (χ0) is 12.3. The lowest BCUT2D eigenvalue weighted by atomic mass is 10.2. The summed E-state index contributed by atoms with van der Waals surface area (Å²) in [5.74, 6) is -0.0665. The van der Waals surface area contributed by atoms with Gasteiger partial charge in [0.2, 0.25) is 0 Å². The zero-order valence-electron chi connectivity index (χ0n) is 9.19. The highest BCUT2D eigenvalue weighted by molar-refractivity contribution is 9.10. The molecule has 0 aliphatic carbocycles. The van der Waals surface area contributed by atoms with E-state index >= 15 is 0 Å². The van der Waals surface area contributed by atoms with E-state index in [1.54, 1.807) is 17.8 Å². The first-order valence-corrected chi connectivity index (χ1v) is 7.22. The topological polar surface area (TPSA) is 46.5 Å². The second kappa shape index (κ2) is 5.89. The monoisotopic (exact) mass is 316 g/mol. The van der Waals surface area contributed by atoms with Gasteiger partial charge in [-0.15, -0.1) is 11.8 Å². The van der Waals surface area contributed by atoms with Crippen LogP contribution in [-0.2, 0) is 4.74 Å². The summed E-state index contributed by atoms with van der Waals surface area (Å²) >= 11 is 4.84. The normalized spacial score (nSPS) is 19.5. The van der Waals surface area contributed by atoms with Gasteiger partial charge in [-0.2, -0.15) is 0 Å². The summed E-state index contributed by atoms with van der Waals surface area (Å²) in [5.41, 5.74) is 0.349. The Morgan fingerprint density at radius 3 is 3.06 bits per heavy atom. The van der Waals surface area contributed by atoms with Crippen molar-refractivity contribution >= 4 is 33.7 Å². The average Bonchev–Trinajstić information content (AvgIpc) is 2.80. The minimum Gasteiger partial charge on any atom is -0.478 e. The van der Waals surface area contributed by atoms with E-state index in [4.69, 9.17) is 9.84 Å². The number of thioether (sulfide) groups is 1. The molecule has 0 bridgehead atoms. The third kappa shape index (κ3) is 3.47. The average molecular weight is 317 g/mol. The summed E-state index contributed by atoms with van der Waals surface area (Å²) in [4.78, 5) is 11.9. The Balaban J connectivity index is 2.06. The number of rotatable bonds is 4. The fourth-order valence-electron chi connectivity index (χ4n) is 1.75. The van der Waals surface area contributed by atoms with E-state index in [1.807, 2.05) is 12.1 Å². The molecule has 1 aliphatic rings. The number of hydrogen-bond donors (Lipinski definition) is 1. The maximum atomic E-state index is 11.1. The van der Waals surface area contributed by atoms with Crippen LogP contribution < -0.4 is 0 Å². The van der Waals surface area contributed by atoms with Crippen LogP contribution in [0.4, 0.5) is 0 Å². The van der Waals surface area contributed by atoms with Crippen molar-refractivity contribution in [2.45, 2.75) is 23.8 Å². The highest BCUT2D eigenvalue weighted by atomic mass is 79.9. The van der Waals surface area contributed by atoms with Gasteiger partial charge in [-0.05, 0) is 31.0 Å². The molecule has 1 unspecified atom stereocenters. The van der Waals surface area contributed by atoms with Crippen LogP contribution in [0.3, 0.4) is 0 Å². The van der Waals surface area contributed by atoms with E-state index in [0.29, 0.717) is 5.56 Å². The smallest absolute Gasteiger partial charge is 0.336 e. The number of carboxylic acids is 1. The lowest BCUT2D eigenvalue weighted by Gasteiger charge is -2.10. The van der Waals surface area contributed by atoms with Crippen LogP contribution in [0.2, 0.25) is 0 Å². The van der Waals surface area contributed by atoms with E-state index in [-0.39, 0.29) is 6.10 Å². The molecule has 17 heavy (non-hydrogen) atoms. The third-order valence-electron chi connectivity index (χ3n) is 2.62. The minimum absolute atomic E-state index is 0.269. The first-order chi connectivity index (χ1) is 8.16. The van der Waals surface area contributed by atoms with Crippen molar-refractivity contribution in [2.24, 2.45) is 0 Å². The van der Waals surface area contributed by atoms with Crippen LogP contribution in [0.5, 0.6) is 0 Å². The first kappa shape index (κ1) is 12.9. The molecule has 92 valence electrons. The SMILES string of the molecule is O=C(O)c1cc(Br)ccc1SCC1CCCO1. The number of carbonyl (C=O) groups is 1. The van der Waals surface area contributed by atoms with Gasteiger partial charge >= 0.3 is 5.97 Å². The quantitative estimate of drug-likeness (QED) is 0.865. The Hall–Kier alpha value is -0.520. The molecule has 0 aromatic heterocycles. The predicted octanol–water partition coefficient (Wildman–Crippen LogP) is 3.42. The predicted molar refractivity (Wildman–Crippen MR) is 70.8 cm³/mol. The minimum atomic E-state index is -0.888. The highest BCUT2D eigenvalue weighted by Crippen LogP contribution is 2.28. The van der Waals surface area contributed by atoms with E-state index in [0.717, 1.165) is 34.6 Å². The summed E-state index contributed by atoms with van der Waals surface area (Å²) in [7, 11) is 0. The largest absolute Gasteiger partial charge is 0.478 e. The molecule has 0 saturated carbocycles. The van der Waals surface area contributed by atoms with Crippen LogP contribution in [-0.4, -0.2) is 29.5 Å². The van der Waals surface area contributed by atoms with Crippen molar-refractivity contribution in [1.82, 2.24) is 0 Å². The van der Waals surface area contributed by atoms with E-state index in [2.05, 4.69) is 15.9 Å². The van der Waals surface area contributed by atoms with E-state index < -0.39 is 5.97 Å². The summed E-state index contributed by atoms with van der Waals surface area (Å²) in [6.07, 6.45) is 2.45. The molecule has 5 heteroatoms. The molecule has 1 aromatic rings. The van der Waals surface area contributed by atoms with Crippen LogP contribution in [0.15, 0.2) is 27.6 Å². The molecule has 1 atom stereocenters. The molecule has 1 aliphatic heterocycles. The molecular formula is C12H13BrO3S. The molecule has 1 saturated heterocycles. The maximum Gasteiger partial charge on any atom is 0.336 e. The lowest BCUT2D eigenvalue weighted by molar-refractivity contribution is 0.0693. The summed E-state index contributed by atoms with van der Waals surface area (Å²) in [6, 6.07) is 5.34. The Bertz CT molecular complexity index is 416. The number of ether oxygens (including phenoxy) is 1. The van der Waals surface area contributed by atoms with Gasteiger partial charge < -0.3 is 9.84 Å². The Morgan fingerprint density at radius 1 is 1.59 bits per heavy atom. The molecule has 0 spiro atoms. The van der Waals surface area contributed by atoms with Gasteiger partial charge in [0.1, 0.15) is 0 Å². The standard InChI is InChI=1S/C12H13BrO3S/c13-8-3-4-11(10(6-8)12(14)15)17-7-9-2-1-5-16-9/h3-4,6,9H,1-2,5,7H2,(H,14,15). The number of hydrogen-bond acceptors (Lipinski definition) is 3. The van der Waals surface area contributed by atoms with Crippen molar-refractivity contribution in [3.05, 3.63) is 28.2 Å². The molecule has 1 aromatic carbocycles. The van der Waals surface area contributed by atoms with Gasteiger partial charge in [0, 0.05) is 21.7 Å². The molecule has 3 nitrogen and oxygen atoms in total. The molecular weight excluding hydrogens is 304 g/mol. The van der Waals surface area contributed by atoms with Gasteiger partial charge in [-0.25, -0.2) is 4.79 Å². The van der Waals surface area contributed by atoms with Gasteiger partial charge in [-0.1, -0.05) is 15.9 Å². The number of halogens is 1. The van der Waals surface area contributed by atoms with E-state index in [1.165, 1.54) is 0 Å². The molecule has 2 rings (SSSR count). The lowest BCUT2D eigenvalue weighted by Crippen LogP contribution is -2.08. The molecule has 1 heterocycles. The molecule has 1 fully saturated rings. The van der Waals surface area contributed by atoms with Crippen LogP contribution in [0.25, 0.3) is 0 Å². The molecule has 0 amide bonds. The summed E-state index contributed by atoms with van der Waals surface area (Å²) in [6.45, 7) is 0.831. The van der Waals surface area contributed by atoms with Crippen molar-refractivity contribution in [2.75, 3.05) is 12.4 Å². The van der Waals surface area contributed by atoms with Gasteiger partial charge in [0.25, 0.3) is 0 Å². The fourth-order valence-corrected chi connectivity index (χ4v) is 3.21. The van der Waals surface area contributed by atoms with Crippen LogP contribution >= 0.6 is 27.7 Å². The third-order valence-corrected chi connectivity index (χ3v) is 4.32. The van der Waals surface area contributed by atoms with E-state index in [9.17, 15) is 4.79 Å². The van der Waals surface area contributed by atoms with Crippen molar-refractivity contribution in [3.8, 4) is 0 Å².